The van der Waals surface area contributed by atoms with Gasteiger partial charge in [0.25, 0.3) is 5.91 Å². The first-order valence-corrected chi connectivity index (χ1v) is 9.96. The molecule has 0 radical (unpaired) electrons. The number of aliphatic hydroxyl groups excluding tert-OH is 1. The summed E-state index contributed by atoms with van der Waals surface area (Å²) in [4.78, 5) is 14.3. The highest BCUT2D eigenvalue weighted by Gasteiger charge is 2.43. The average Bonchev–Trinajstić information content (AvgIpc) is 2.55. The molecular formula is C18H19FN2O5S. The number of nitrogens with zero attached hydrogens (tertiary/aromatic N) is 1. The highest BCUT2D eigenvalue weighted by molar-refractivity contribution is 7.92. The third kappa shape index (κ3) is 3.74. The van der Waals surface area contributed by atoms with E-state index in [1.165, 1.54) is 41.3 Å². The molecule has 2 N–H and O–H groups in total. The Bertz CT molecular complexity index is 1000. The van der Waals surface area contributed by atoms with Crippen LogP contribution in [0.1, 0.15) is 19.4 Å². The summed E-state index contributed by atoms with van der Waals surface area (Å²) in [6.45, 7) is 2.69. The molecule has 0 unspecified atom stereocenters. The molecule has 1 heterocycles. The monoisotopic (exact) mass is 394 g/mol. The summed E-state index contributed by atoms with van der Waals surface area (Å²) in [7, 11) is -3.55. The minimum Gasteiger partial charge on any atom is -0.476 e. The second-order valence-corrected chi connectivity index (χ2v) is 8.49. The van der Waals surface area contributed by atoms with Crippen LogP contribution in [0.4, 0.5) is 21.5 Å². The molecule has 0 saturated carbocycles. The number of nitrogens with one attached hydrogen (secondary N) is 1. The summed E-state index contributed by atoms with van der Waals surface area (Å²) in [5, 5.41) is 9.81. The quantitative estimate of drug-likeness (QED) is 0.831. The van der Waals surface area contributed by atoms with Crippen molar-refractivity contribution in [3.05, 3.63) is 47.8 Å². The van der Waals surface area contributed by atoms with Crippen LogP contribution in [0.25, 0.3) is 0 Å². The van der Waals surface area contributed by atoms with Gasteiger partial charge in [-0.2, -0.15) is 0 Å². The molecule has 1 aliphatic rings. The van der Waals surface area contributed by atoms with E-state index in [4.69, 9.17) is 4.74 Å². The zero-order valence-electron chi connectivity index (χ0n) is 15.0. The lowest BCUT2D eigenvalue weighted by Gasteiger charge is -2.40. The fraction of sp³-hybridized carbons (Fsp3) is 0.278. The zero-order valence-corrected chi connectivity index (χ0v) is 15.8. The molecule has 2 aromatic carbocycles. The second kappa shape index (κ2) is 6.50. The molecule has 1 aliphatic heterocycles. The van der Waals surface area contributed by atoms with Gasteiger partial charge in [-0.25, -0.2) is 12.8 Å². The van der Waals surface area contributed by atoms with Gasteiger partial charge in [0.05, 0.1) is 24.2 Å². The molecule has 144 valence electrons. The van der Waals surface area contributed by atoms with Gasteiger partial charge in [0, 0.05) is 17.3 Å². The Hall–Kier alpha value is -2.65. The van der Waals surface area contributed by atoms with Crippen LogP contribution < -0.4 is 14.4 Å². The lowest BCUT2D eigenvalue weighted by atomic mass is 10.00. The lowest BCUT2D eigenvalue weighted by molar-refractivity contribution is -0.131. The first kappa shape index (κ1) is 19.1. The molecule has 0 aromatic heterocycles. The number of sulfonamides is 1. The molecule has 27 heavy (non-hydrogen) atoms. The lowest BCUT2D eigenvalue weighted by Crippen LogP contribution is -2.51. The van der Waals surface area contributed by atoms with Crippen molar-refractivity contribution in [2.75, 3.05) is 15.9 Å². The van der Waals surface area contributed by atoms with Gasteiger partial charge >= 0.3 is 0 Å². The van der Waals surface area contributed by atoms with Gasteiger partial charge in [-0.05, 0) is 44.2 Å². The van der Waals surface area contributed by atoms with Crippen LogP contribution >= 0.6 is 0 Å². The van der Waals surface area contributed by atoms with Crippen LogP contribution in [-0.2, 0) is 21.4 Å². The standard InChI is InChI=1S/C18H19FN2O5S/c1-18(2)17(23)21(14-6-4-12(19)5-7-14)16-11(10-22)8-13(9-15(16)26-18)20-27(3,24)25/h4-9,20,22H,10H2,1-3H3. The number of hydrogen-bond donors (Lipinski definition) is 2. The Balaban J connectivity index is 2.23. The molecule has 7 nitrogen and oxygen atoms in total. The molecule has 0 spiro atoms. The van der Waals surface area contributed by atoms with Crippen LogP contribution in [0.3, 0.4) is 0 Å². The van der Waals surface area contributed by atoms with Gasteiger partial charge < -0.3 is 9.84 Å². The van der Waals surface area contributed by atoms with Gasteiger partial charge in [0.15, 0.2) is 5.60 Å². The Kier molecular flexibility index (Phi) is 4.61. The van der Waals surface area contributed by atoms with Crippen LogP contribution in [0.15, 0.2) is 36.4 Å². The van der Waals surface area contributed by atoms with Gasteiger partial charge in [-0.15, -0.1) is 0 Å². The van der Waals surface area contributed by atoms with Gasteiger partial charge in [0.2, 0.25) is 10.0 Å². The first-order chi connectivity index (χ1) is 12.5. The topological polar surface area (TPSA) is 95.9 Å². The minimum atomic E-state index is -3.55. The number of ether oxygens (including phenoxy) is 1. The van der Waals surface area contributed by atoms with E-state index in [1.807, 2.05) is 0 Å². The molecule has 0 fully saturated rings. The number of aliphatic hydroxyl groups is 1. The number of hydrogen-bond acceptors (Lipinski definition) is 5. The Morgan fingerprint density at radius 1 is 1.22 bits per heavy atom. The van der Waals surface area contributed by atoms with E-state index in [2.05, 4.69) is 4.72 Å². The SMILES string of the molecule is CC1(C)Oc2cc(NS(C)(=O)=O)cc(CO)c2N(c2ccc(F)cc2)C1=O. The Labute approximate surface area is 156 Å². The fourth-order valence-electron chi connectivity index (χ4n) is 2.92. The first-order valence-electron chi connectivity index (χ1n) is 8.06. The third-order valence-corrected chi connectivity index (χ3v) is 4.63. The number of halogens is 1. The van der Waals surface area contributed by atoms with E-state index in [-0.39, 0.29) is 22.7 Å². The molecule has 0 atom stereocenters. The minimum absolute atomic E-state index is 0.199. The van der Waals surface area contributed by atoms with Gasteiger partial charge in [-0.1, -0.05) is 0 Å². The smallest absolute Gasteiger partial charge is 0.275 e. The van der Waals surface area contributed by atoms with Crippen molar-refractivity contribution in [3.8, 4) is 5.75 Å². The summed E-state index contributed by atoms with van der Waals surface area (Å²) in [6, 6.07) is 8.21. The molecule has 0 bridgehead atoms. The predicted molar refractivity (Wildman–Crippen MR) is 99.1 cm³/mol. The van der Waals surface area contributed by atoms with Crippen molar-refractivity contribution in [2.45, 2.75) is 26.1 Å². The molecule has 9 heteroatoms. The van der Waals surface area contributed by atoms with E-state index < -0.39 is 34.0 Å². The molecule has 0 saturated heterocycles. The molecular weight excluding hydrogens is 375 g/mol. The van der Waals surface area contributed by atoms with Gasteiger partial charge in [0.1, 0.15) is 11.6 Å². The van der Waals surface area contributed by atoms with E-state index in [0.29, 0.717) is 5.69 Å². The van der Waals surface area contributed by atoms with Crippen molar-refractivity contribution in [2.24, 2.45) is 0 Å². The van der Waals surface area contributed by atoms with Crippen LogP contribution in [0, 0.1) is 5.82 Å². The van der Waals surface area contributed by atoms with Crippen LogP contribution in [0.5, 0.6) is 5.75 Å². The number of carbonyl (C=O) groups excluding carboxylic acids is 1. The predicted octanol–water partition coefficient (Wildman–Crippen LogP) is 2.53. The van der Waals surface area contributed by atoms with E-state index in [0.717, 1.165) is 6.26 Å². The second-order valence-electron chi connectivity index (χ2n) is 6.74. The summed E-state index contributed by atoms with van der Waals surface area (Å²) in [5.41, 5.74) is -0.0842. The van der Waals surface area contributed by atoms with Crippen molar-refractivity contribution in [1.82, 2.24) is 0 Å². The zero-order chi connectivity index (χ0) is 20.0. The number of benzene rings is 2. The fourth-order valence-corrected chi connectivity index (χ4v) is 3.46. The summed E-state index contributed by atoms with van der Waals surface area (Å²) in [5.74, 6) is -0.629. The summed E-state index contributed by atoms with van der Waals surface area (Å²) >= 11 is 0. The van der Waals surface area contributed by atoms with Crippen molar-refractivity contribution < 1.29 is 27.4 Å². The highest BCUT2D eigenvalue weighted by atomic mass is 32.2. The number of fused-ring (bicyclic) bond motifs is 1. The Morgan fingerprint density at radius 2 is 1.85 bits per heavy atom. The average molecular weight is 394 g/mol. The van der Waals surface area contributed by atoms with Gasteiger partial charge in [-0.3, -0.25) is 14.4 Å². The van der Waals surface area contributed by atoms with E-state index in [1.54, 1.807) is 13.8 Å². The summed E-state index contributed by atoms with van der Waals surface area (Å²) in [6.07, 6.45) is 1.00. The maximum absolute atomic E-state index is 13.3. The van der Waals surface area contributed by atoms with Crippen LogP contribution in [-0.4, -0.2) is 31.3 Å². The molecule has 3 rings (SSSR count). The normalized spacial score (nSPS) is 15.9. The number of rotatable bonds is 4. The Morgan fingerprint density at radius 3 is 2.41 bits per heavy atom. The summed E-state index contributed by atoms with van der Waals surface area (Å²) < 4.78 is 44.6. The van der Waals surface area contributed by atoms with E-state index in [9.17, 15) is 22.7 Å². The highest BCUT2D eigenvalue weighted by Crippen LogP contribution is 2.46. The number of amides is 1. The largest absolute Gasteiger partial charge is 0.476 e. The maximum Gasteiger partial charge on any atom is 0.275 e. The molecule has 1 amide bonds. The van der Waals surface area contributed by atoms with Crippen LogP contribution in [0.2, 0.25) is 0 Å². The van der Waals surface area contributed by atoms with Crippen molar-refractivity contribution >= 4 is 33.0 Å². The van der Waals surface area contributed by atoms with Crippen molar-refractivity contribution in [1.29, 1.82) is 0 Å². The van der Waals surface area contributed by atoms with Crippen molar-refractivity contribution in [3.63, 3.8) is 0 Å². The molecule has 0 aliphatic carbocycles. The molecule has 2 aromatic rings. The maximum atomic E-state index is 13.3. The third-order valence-electron chi connectivity index (χ3n) is 4.02. The number of anilines is 3. The number of carbonyl (C=O) groups is 1. The van der Waals surface area contributed by atoms with E-state index >= 15 is 0 Å².